The van der Waals surface area contributed by atoms with Crippen LogP contribution < -0.4 is 24.0 Å². The summed E-state index contributed by atoms with van der Waals surface area (Å²) in [6.07, 6.45) is 1.80. The van der Waals surface area contributed by atoms with E-state index >= 15 is 0 Å². The van der Waals surface area contributed by atoms with Crippen LogP contribution in [0, 0.1) is 10.8 Å². The molecule has 0 spiro atoms. The molecule has 0 unspecified atom stereocenters. The Labute approximate surface area is 88.4 Å². The molecule has 0 heterocycles. The Morgan fingerprint density at radius 1 is 1.00 bits per heavy atom. The van der Waals surface area contributed by atoms with Gasteiger partial charge in [0.2, 0.25) is 0 Å². The van der Waals surface area contributed by atoms with Crippen molar-refractivity contribution in [3.63, 3.8) is 0 Å². The number of rotatable bonds is 0. The summed E-state index contributed by atoms with van der Waals surface area (Å²) >= 11 is 0. The molecule has 0 bridgehead atoms. The molecule has 0 aromatic carbocycles. The quantitative estimate of drug-likeness (QED) is 0.342. The molecule has 0 saturated heterocycles. The minimum atomic E-state index is -0.229. The Balaban J connectivity index is 0. The van der Waals surface area contributed by atoms with Gasteiger partial charge in [-0.15, -0.1) is 5.76 Å². The second kappa shape index (κ2) is 4.40. The summed E-state index contributed by atoms with van der Waals surface area (Å²) in [5.41, 5.74) is -0.225. The Bertz CT molecular complexity index is 158. The third kappa shape index (κ3) is 6.82. The third-order valence-electron chi connectivity index (χ3n) is 1.30. The van der Waals surface area contributed by atoms with E-state index in [0.29, 0.717) is 0 Å². The Kier molecular flexibility index (Phi) is 5.37. The summed E-state index contributed by atoms with van der Waals surface area (Å²) in [4.78, 5) is 0. The molecular formula is C10H19LiO. The first-order valence-electron chi connectivity index (χ1n) is 4.03. The van der Waals surface area contributed by atoms with E-state index in [-0.39, 0.29) is 35.4 Å². The van der Waals surface area contributed by atoms with Crippen molar-refractivity contribution in [2.75, 3.05) is 0 Å². The Hall–Kier alpha value is 0.137. The van der Waals surface area contributed by atoms with Crippen molar-refractivity contribution in [3.8, 4) is 0 Å². The van der Waals surface area contributed by atoms with Gasteiger partial charge in [0.05, 0.1) is 0 Å². The van der Waals surface area contributed by atoms with Gasteiger partial charge in [-0.3, -0.25) is 0 Å². The molecule has 0 atom stereocenters. The van der Waals surface area contributed by atoms with E-state index in [1.54, 1.807) is 6.08 Å². The SMILES string of the molecule is CC(C)(C)/C=C(\[O-])C(C)(C)C.[Li+]. The first-order chi connectivity index (χ1) is 4.63. The normalized spacial score (nSPS) is 14.0. The largest absolute Gasteiger partial charge is 1.00 e. The maximum absolute atomic E-state index is 11.4. The van der Waals surface area contributed by atoms with Crippen molar-refractivity contribution in [2.45, 2.75) is 41.5 Å². The van der Waals surface area contributed by atoms with Crippen LogP contribution in [0.15, 0.2) is 11.8 Å². The van der Waals surface area contributed by atoms with Crippen molar-refractivity contribution in [1.82, 2.24) is 0 Å². The van der Waals surface area contributed by atoms with E-state index in [1.165, 1.54) is 0 Å². The van der Waals surface area contributed by atoms with Gasteiger partial charge in [0.25, 0.3) is 0 Å². The molecular weight excluding hydrogens is 143 g/mol. The molecule has 0 N–H and O–H groups in total. The van der Waals surface area contributed by atoms with Gasteiger partial charge in [-0.1, -0.05) is 47.6 Å². The van der Waals surface area contributed by atoms with Gasteiger partial charge < -0.3 is 5.11 Å². The van der Waals surface area contributed by atoms with Crippen LogP contribution in [0.25, 0.3) is 0 Å². The zero-order valence-corrected chi connectivity index (χ0v) is 9.49. The molecule has 0 fully saturated rings. The third-order valence-corrected chi connectivity index (χ3v) is 1.30. The molecule has 0 aliphatic heterocycles. The fourth-order valence-corrected chi connectivity index (χ4v) is 0.610. The summed E-state index contributed by atoms with van der Waals surface area (Å²) in [6.45, 7) is 11.9. The summed E-state index contributed by atoms with van der Waals surface area (Å²) < 4.78 is 0. The first kappa shape index (κ1) is 14.7. The maximum Gasteiger partial charge on any atom is 1.00 e. The van der Waals surface area contributed by atoms with Crippen molar-refractivity contribution in [3.05, 3.63) is 11.8 Å². The minimum Gasteiger partial charge on any atom is -0.875 e. The number of hydrogen-bond donors (Lipinski definition) is 0. The molecule has 0 aliphatic carbocycles. The molecule has 0 aromatic heterocycles. The van der Waals surface area contributed by atoms with Crippen LogP contribution in [-0.4, -0.2) is 0 Å². The Morgan fingerprint density at radius 2 is 1.33 bits per heavy atom. The van der Waals surface area contributed by atoms with Crippen LogP contribution in [0.5, 0.6) is 0 Å². The predicted octanol–water partition coefficient (Wildman–Crippen LogP) is -0.673. The summed E-state index contributed by atoms with van der Waals surface area (Å²) in [5.74, 6) is 0.227. The average Bonchev–Trinajstić information content (AvgIpc) is 1.56. The molecule has 0 saturated carbocycles. The van der Waals surface area contributed by atoms with Crippen LogP contribution in [0.4, 0.5) is 0 Å². The zero-order valence-electron chi connectivity index (χ0n) is 9.49. The van der Waals surface area contributed by atoms with Gasteiger partial charge in [0, 0.05) is 0 Å². The standard InChI is InChI=1S/C10H20O.Li/c1-9(2,3)7-8(11)10(4,5)6;/h7,11H,1-6H3;/q;+1/p-1/b8-7-;. The van der Waals surface area contributed by atoms with E-state index in [9.17, 15) is 5.11 Å². The molecule has 66 valence electrons. The van der Waals surface area contributed by atoms with Crippen LogP contribution >= 0.6 is 0 Å². The van der Waals surface area contributed by atoms with E-state index < -0.39 is 0 Å². The fraction of sp³-hybridized carbons (Fsp3) is 0.800. The molecule has 0 aliphatic rings. The second-order valence-electron chi connectivity index (χ2n) is 5.12. The van der Waals surface area contributed by atoms with E-state index in [1.807, 2.05) is 41.5 Å². The van der Waals surface area contributed by atoms with Gasteiger partial charge in [0.1, 0.15) is 0 Å². The van der Waals surface area contributed by atoms with Gasteiger partial charge in [-0.05, 0) is 10.8 Å². The minimum absolute atomic E-state index is 0. The van der Waals surface area contributed by atoms with Gasteiger partial charge >= 0.3 is 18.9 Å². The van der Waals surface area contributed by atoms with Crippen molar-refractivity contribution < 1.29 is 24.0 Å². The first-order valence-corrected chi connectivity index (χ1v) is 4.03. The maximum atomic E-state index is 11.4. The number of allylic oxidation sites excluding steroid dienone is 2. The van der Waals surface area contributed by atoms with Crippen molar-refractivity contribution in [1.29, 1.82) is 0 Å². The summed E-state index contributed by atoms with van der Waals surface area (Å²) in [6, 6.07) is 0. The monoisotopic (exact) mass is 162 g/mol. The topological polar surface area (TPSA) is 23.1 Å². The van der Waals surface area contributed by atoms with Crippen LogP contribution in [0.1, 0.15) is 41.5 Å². The average molecular weight is 162 g/mol. The predicted molar refractivity (Wildman–Crippen MR) is 47.0 cm³/mol. The van der Waals surface area contributed by atoms with Gasteiger partial charge in [-0.25, -0.2) is 0 Å². The van der Waals surface area contributed by atoms with Crippen LogP contribution in [0.3, 0.4) is 0 Å². The molecule has 12 heavy (non-hydrogen) atoms. The van der Waals surface area contributed by atoms with Crippen molar-refractivity contribution in [2.24, 2.45) is 10.8 Å². The molecule has 2 heteroatoms. The zero-order chi connectivity index (χ0) is 9.28. The van der Waals surface area contributed by atoms with E-state index in [0.717, 1.165) is 0 Å². The smallest absolute Gasteiger partial charge is 0.875 e. The molecule has 0 radical (unpaired) electrons. The van der Waals surface area contributed by atoms with Gasteiger partial charge in [-0.2, -0.15) is 0 Å². The summed E-state index contributed by atoms with van der Waals surface area (Å²) in [5, 5.41) is 11.4. The molecule has 0 rings (SSSR count). The van der Waals surface area contributed by atoms with Crippen LogP contribution in [0.2, 0.25) is 0 Å². The second-order valence-corrected chi connectivity index (χ2v) is 5.12. The molecule has 0 amide bonds. The molecule has 1 nitrogen and oxygen atoms in total. The molecule has 0 aromatic rings. The Morgan fingerprint density at radius 3 is 1.42 bits per heavy atom. The van der Waals surface area contributed by atoms with Gasteiger partial charge in [0.15, 0.2) is 0 Å². The van der Waals surface area contributed by atoms with Crippen LogP contribution in [-0.2, 0) is 0 Å². The van der Waals surface area contributed by atoms with E-state index in [4.69, 9.17) is 0 Å². The number of hydrogen-bond acceptors (Lipinski definition) is 1. The van der Waals surface area contributed by atoms with Crippen molar-refractivity contribution >= 4 is 0 Å². The summed E-state index contributed by atoms with van der Waals surface area (Å²) in [7, 11) is 0. The van der Waals surface area contributed by atoms with E-state index in [2.05, 4.69) is 0 Å². The fourth-order valence-electron chi connectivity index (χ4n) is 0.610.